The van der Waals surface area contributed by atoms with Crippen molar-refractivity contribution >= 4 is 15.9 Å². The molecule has 0 bridgehead atoms. The van der Waals surface area contributed by atoms with E-state index in [2.05, 4.69) is 21.4 Å². The van der Waals surface area contributed by atoms with Crippen molar-refractivity contribution in [3.8, 4) is 0 Å². The molecule has 0 heterocycles. The molecule has 21 heavy (non-hydrogen) atoms. The van der Waals surface area contributed by atoms with Crippen LogP contribution in [-0.4, -0.2) is 6.04 Å². The molecule has 0 saturated heterocycles. The Morgan fingerprint density at radius 3 is 2.24 bits per heavy atom. The Balaban J connectivity index is 2.14. The normalized spacial score (nSPS) is 12.4. The van der Waals surface area contributed by atoms with Crippen LogP contribution in [0.1, 0.15) is 11.1 Å². The predicted octanol–water partition coefficient (Wildman–Crippen LogP) is 3.48. The maximum absolute atomic E-state index is 13.7. The maximum atomic E-state index is 13.7. The monoisotopic (exact) mass is 358 g/mol. The second-order valence-electron chi connectivity index (χ2n) is 4.74. The molecule has 3 N–H and O–H groups in total. The SMILES string of the molecule is NNC(Cc1ccc(F)cc1F)Cc1cc(F)ccc1Br. The highest BCUT2D eigenvalue weighted by molar-refractivity contribution is 9.10. The summed E-state index contributed by atoms with van der Waals surface area (Å²) in [5.41, 5.74) is 3.66. The van der Waals surface area contributed by atoms with E-state index < -0.39 is 11.6 Å². The van der Waals surface area contributed by atoms with Gasteiger partial charge in [-0.2, -0.15) is 0 Å². The number of hydrogen-bond acceptors (Lipinski definition) is 2. The largest absolute Gasteiger partial charge is 0.271 e. The van der Waals surface area contributed by atoms with Crippen LogP contribution in [0.4, 0.5) is 13.2 Å². The van der Waals surface area contributed by atoms with Gasteiger partial charge >= 0.3 is 0 Å². The molecule has 6 heteroatoms. The first-order valence-corrected chi connectivity index (χ1v) is 7.13. The zero-order chi connectivity index (χ0) is 15.4. The lowest BCUT2D eigenvalue weighted by atomic mass is 9.99. The highest BCUT2D eigenvalue weighted by Crippen LogP contribution is 2.21. The average Bonchev–Trinajstić information content (AvgIpc) is 2.44. The molecule has 0 radical (unpaired) electrons. The second kappa shape index (κ2) is 7.06. The zero-order valence-electron chi connectivity index (χ0n) is 11.0. The Morgan fingerprint density at radius 1 is 0.952 bits per heavy atom. The number of benzene rings is 2. The topological polar surface area (TPSA) is 38.0 Å². The molecule has 112 valence electrons. The van der Waals surface area contributed by atoms with Crippen LogP contribution >= 0.6 is 15.9 Å². The lowest BCUT2D eigenvalue weighted by molar-refractivity contribution is 0.500. The molecular weight excluding hydrogens is 345 g/mol. The minimum absolute atomic E-state index is 0.269. The van der Waals surface area contributed by atoms with Crippen molar-refractivity contribution in [2.75, 3.05) is 0 Å². The van der Waals surface area contributed by atoms with E-state index >= 15 is 0 Å². The average molecular weight is 359 g/mol. The lowest BCUT2D eigenvalue weighted by Gasteiger charge is -2.17. The summed E-state index contributed by atoms with van der Waals surface area (Å²) in [6.45, 7) is 0. The molecule has 0 spiro atoms. The van der Waals surface area contributed by atoms with Gasteiger partial charge in [0.25, 0.3) is 0 Å². The van der Waals surface area contributed by atoms with E-state index in [4.69, 9.17) is 5.84 Å². The van der Waals surface area contributed by atoms with Crippen molar-refractivity contribution in [2.45, 2.75) is 18.9 Å². The zero-order valence-corrected chi connectivity index (χ0v) is 12.6. The molecule has 2 aromatic carbocycles. The smallest absolute Gasteiger partial charge is 0.129 e. The molecule has 2 rings (SSSR count). The molecule has 0 saturated carbocycles. The summed E-state index contributed by atoms with van der Waals surface area (Å²) >= 11 is 3.34. The Morgan fingerprint density at radius 2 is 1.57 bits per heavy atom. The van der Waals surface area contributed by atoms with Crippen molar-refractivity contribution in [1.82, 2.24) is 5.43 Å². The van der Waals surface area contributed by atoms with Gasteiger partial charge < -0.3 is 0 Å². The van der Waals surface area contributed by atoms with Crippen molar-refractivity contribution in [3.05, 3.63) is 69.4 Å². The molecule has 1 atom stereocenters. The van der Waals surface area contributed by atoms with Crippen LogP contribution < -0.4 is 11.3 Å². The first-order chi connectivity index (χ1) is 9.99. The third kappa shape index (κ3) is 4.30. The molecule has 2 aromatic rings. The van der Waals surface area contributed by atoms with Gasteiger partial charge in [0.2, 0.25) is 0 Å². The van der Waals surface area contributed by atoms with Gasteiger partial charge in [-0.05, 0) is 48.2 Å². The van der Waals surface area contributed by atoms with Gasteiger partial charge in [-0.25, -0.2) is 13.2 Å². The fourth-order valence-electron chi connectivity index (χ4n) is 2.11. The Labute approximate surface area is 129 Å². The van der Waals surface area contributed by atoms with E-state index in [1.54, 1.807) is 6.07 Å². The molecule has 0 aliphatic rings. The van der Waals surface area contributed by atoms with Crippen LogP contribution in [0.3, 0.4) is 0 Å². The van der Waals surface area contributed by atoms with Gasteiger partial charge in [0.1, 0.15) is 17.5 Å². The van der Waals surface area contributed by atoms with E-state index in [-0.39, 0.29) is 18.3 Å². The Bertz CT molecular complexity index is 634. The Hall–Kier alpha value is -1.37. The van der Waals surface area contributed by atoms with Crippen molar-refractivity contribution in [3.63, 3.8) is 0 Å². The number of rotatable bonds is 5. The van der Waals surface area contributed by atoms with Crippen LogP contribution in [0.5, 0.6) is 0 Å². The summed E-state index contributed by atoms with van der Waals surface area (Å²) in [6.07, 6.45) is 0.678. The van der Waals surface area contributed by atoms with Gasteiger partial charge in [0.15, 0.2) is 0 Å². The van der Waals surface area contributed by atoms with Crippen LogP contribution in [0, 0.1) is 17.5 Å². The van der Waals surface area contributed by atoms with Crippen LogP contribution in [0.15, 0.2) is 40.9 Å². The van der Waals surface area contributed by atoms with E-state index in [0.717, 1.165) is 16.1 Å². The van der Waals surface area contributed by atoms with Crippen LogP contribution in [0.25, 0.3) is 0 Å². The molecule has 0 aromatic heterocycles. The summed E-state index contributed by atoms with van der Waals surface area (Å²) in [6, 6.07) is 7.47. The standard InChI is InChI=1S/C15H14BrF3N2/c16-14-4-3-11(17)5-10(14)7-13(21-20)6-9-1-2-12(18)8-15(9)19/h1-5,8,13,21H,6-7,20H2. The summed E-state index contributed by atoms with van der Waals surface area (Å²) in [5, 5.41) is 0. The fraction of sp³-hybridized carbons (Fsp3) is 0.200. The molecule has 0 aliphatic heterocycles. The van der Waals surface area contributed by atoms with Crippen molar-refractivity contribution < 1.29 is 13.2 Å². The number of halogens is 4. The number of nitrogens with two attached hydrogens (primary N) is 1. The Kier molecular flexibility index (Phi) is 5.39. The number of hydrogen-bond donors (Lipinski definition) is 2. The highest BCUT2D eigenvalue weighted by Gasteiger charge is 2.14. The summed E-state index contributed by atoms with van der Waals surface area (Å²) in [5.74, 6) is 3.89. The third-order valence-corrected chi connectivity index (χ3v) is 3.96. The fourth-order valence-corrected chi connectivity index (χ4v) is 2.52. The lowest BCUT2D eigenvalue weighted by Crippen LogP contribution is -2.38. The van der Waals surface area contributed by atoms with Gasteiger partial charge in [-0.1, -0.05) is 22.0 Å². The first kappa shape index (κ1) is 16.0. The summed E-state index contributed by atoms with van der Waals surface area (Å²) in [7, 11) is 0. The van der Waals surface area contributed by atoms with Gasteiger partial charge in [-0.15, -0.1) is 0 Å². The minimum Gasteiger partial charge on any atom is -0.271 e. The van der Waals surface area contributed by atoms with E-state index in [9.17, 15) is 13.2 Å². The second-order valence-corrected chi connectivity index (χ2v) is 5.60. The molecular formula is C15H14BrF3N2. The molecule has 0 aliphatic carbocycles. The quantitative estimate of drug-likeness (QED) is 0.634. The van der Waals surface area contributed by atoms with E-state index in [0.29, 0.717) is 12.0 Å². The number of hydrazine groups is 1. The summed E-state index contributed by atoms with van der Waals surface area (Å²) < 4.78 is 40.6. The van der Waals surface area contributed by atoms with Crippen molar-refractivity contribution in [1.29, 1.82) is 0 Å². The third-order valence-electron chi connectivity index (χ3n) is 3.19. The molecule has 2 nitrogen and oxygen atoms in total. The molecule has 0 fully saturated rings. The van der Waals surface area contributed by atoms with E-state index in [1.807, 2.05) is 0 Å². The maximum Gasteiger partial charge on any atom is 0.129 e. The molecule has 0 amide bonds. The van der Waals surface area contributed by atoms with Gasteiger partial charge in [0, 0.05) is 16.6 Å². The minimum atomic E-state index is -0.624. The van der Waals surface area contributed by atoms with Crippen molar-refractivity contribution in [2.24, 2.45) is 5.84 Å². The number of nitrogens with one attached hydrogen (secondary N) is 1. The predicted molar refractivity (Wildman–Crippen MR) is 79.0 cm³/mol. The van der Waals surface area contributed by atoms with E-state index in [1.165, 1.54) is 24.3 Å². The van der Waals surface area contributed by atoms with Gasteiger partial charge in [0.05, 0.1) is 0 Å². The first-order valence-electron chi connectivity index (χ1n) is 6.33. The summed E-state index contributed by atoms with van der Waals surface area (Å²) in [4.78, 5) is 0. The van der Waals surface area contributed by atoms with Gasteiger partial charge in [-0.3, -0.25) is 11.3 Å². The van der Waals surface area contributed by atoms with Crippen LogP contribution in [0.2, 0.25) is 0 Å². The highest BCUT2D eigenvalue weighted by atomic mass is 79.9. The van der Waals surface area contributed by atoms with Crippen LogP contribution in [-0.2, 0) is 12.8 Å². The molecule has 1 unspecified atom stereocenters.